The zero-order valence-electron chi connectivity index (χ0n) is 16.3. The highest BCUT2D eigenvalue weighted by molar-refractivity contribution is 5.99. The van der Waals surface area contributed by atoms with E-state index in [1.54, 1.807) is 0 Å². The topological polar surface area (TPSA) is 53.1 Å². The van der Waals surface area contributed by atoms with Crippen LogP contribution in [0.4, 0.5) is 0 Å². The number of hydrogen-bond acceptors (Lipinski definition) is 4. The predicted octanol–water partition coefficient (Wildman–Crippen LogP) is 1.87. The molecule has 0 saturated carbocycles. The molecule has 0 atom stereocenters. The molecule has 1 aromatic carbocycles. The van der Waals surface area contributed by atoms with E-state index in [4.69, 9.17) is 4.74 Å². The minimum atomic E-state index is 0.0430. The lowest BCUT2D eigenvalue weighted by Gasteiger charge is -2.26. The van der Waals surface area contributed by atoms with Crippen molar-refractivity contribution < 1.29 is 14.3 Å². The van der Waals surface area contributed by atoms with Gasteiger partial charge in [0.1, 0.15) is 12.4 Å². The minimum Gasteiger partial charge on any atom is -0.488 e. The van der Waals surface area contributed by atoms with Crippen LogP contribution >= 0.6 is 0 Å². The molecule has 0 aromatic heterocycles. The zero-order valence-corrected chi connectivity index (χ0v) is 16.3. The average molecular weight is 371 g/mol. The second kappa shape index (κ2) is 9.04. The summed E-state index contributed by atoms with van der Waals surface area (Å²) in [7, 11) is 0. The van der Waals surface area contributed by atoms with E-state index in [0.717, 1.165) is 43.9 Å². The molecule has 0 bridgehead atoms. The summed E-state index contributed by atoms with van der Waals surface area (Å²) in [5.41, 5.74) is 1.65. The van der Waals surface area contributed by atoms with Crippen LogP contribution in [0.25, 0.3) is 6.08 Å². The van der Waals surface area contributed by atoms with Crippen molar-refractivity contribution in [2.45, 2.75) is 20.3 Å². The Hall–Kier alpha value is -2.34. The standard InChI is InChI=1S/C21H29N3O3/c1-3-23(4-2)20(25)15-22-10-7-11-24(13-12-22)21(26)18-14-17-8-5-6-9-19(17)27-16-18/h5-6,8-9,14H,3-4,7,10-13,15-16H2,1-2H3. The number of benzene rings is 1. The summed E-state index contributed by atoms with van der Waals surface area (Å²) in [5.74, 6) is 1.03. The van der Waals surface area contributed by atoms with Crippen LogP contribution in [0.3, 0.4) is 0 Å². The van der Waals surface area contributed by atoms with Crippen LogP contribution in [0.1, 0.15) is 25.8 Å². The Bertz CT molecular complexity index is 712. The van der Waals surface area contributed by atoms with Gasteiger partial charge in [0.2, 0.25) is 5.91 Å². The molecule has 2 heterocycles. The Labute approximate surface area is 161 Å². The summed E-state index contributed by atoms with van der Waals surface area (Å²) >= 11 is 0. The monoisotopic (exact) mass is 371 g/mol. The fraction of sp³-hybridized carbons (Fsp3) is 0.524. The van der Waals surface area contributed by atoms with Gasteiger partial charge in [-0.2, -0.15) is 0 Å². The van der Waals surface area contributed by atoms with E-state index >= 15 is 0 Å². The Kier molecular flexibility index (Phi) is 6.50. The van der Waals surface area contributed by atoms with Crippen molar-refractivity contribution >= 4 is 17.9 Å². The molecular weight excluding hydrogens is 342 g/mol. The van der Waals surface area contributed by atoms with E-state index in [1.165, 1.54) is 0 Å². The number of fused-ring (bicyclic) bond motifs is 1. The Morgan fingerprint density at radius 2 is 1.85 bits per heavy atom. The third-order valence-electron chi connectivity index (χ3n) is 5.26. The second-order valence-electron chi connectivity index (χ2n) is 6.98. The van der Waals surface area contributed by atoms with Crippen LogP contribution in [-0.4, -0.2) is 78.9 Å². The molecule has 0 N–H and O–H groups in total. The average Bonchev–Trinajstić information content (AvgIpc) is 2.93. The van der Waals surface area contributed by atoms with Crippen molar-refractivity contribution in [1.29, 1.82) is 0 Å². The molecule has 27 heavy (non-hydrogen) atoms. The molecule has 146 valence electrons. The lowest BCUT2D eigenvalue weighted by Crippen LogP contribution is -2.42. The van der Waals surface area contributed by atoms with Crippen molar-refractivity contribution in [2.75, 3.05) is 52.4 Å². The quantitative estimate of drug-likeness (QED) is 0.793. The van der Waals surface area contributed by atoms with Gasteiger partial charge in [0.15, 0.2) is 0 Å². The lowest BCUT2D eigenvalue weighted by atomic mass is 10.1. The summed E-state index contributed by atoms with van der Waals surface area (Å²) in [6, 6.07) is 7.76. The largest absolute Gasteiger partial charge is 0.488 e. The van der Waals surface area contributed by atoms with E-state index in [2.05, 4.69) is 4.90 Å². The molecule has 0 radical (unpaired) electrons. The van der Waals surface area contributed by atoms with Gasteiger partial charge in [-0.3, -0.25) is 14.5 Å². The highest BCUT2D eigenvalue weighted by Gasteiger charge is 2.25. The molecule has 2 amide bonds. The predicted molar refractivity (Wildman–Crippen MR) is 105 cm³/mol. The highest BCUT2D eigenvalue weighted by Crippen LogP contribution is 2.26. The normalized spacial score (nSPS) is 17.4. The summed E-state index contributed by atoms with van der Waals surface area (Å²) in [5, 5.41) is 0. The van der Waals surface area contributed by atoms with Gasteiger partial charge in [-0.1, -0.05) is 18.2 Å². The first-order chi connectivity index (χ1) is 13.1. The number of carbonyl (C=O) groups is 2. The van der Waals surface area contributed by atoms with E-state index in [9.17, 15) is 9.59 Å². The van der Waals surface area contributed by atoms with Crippen LogP contribution in [0, 0.1) is 0 Å². The third kappa shape index (κ3) is 4.69. The van der Waals surface area contributed by atoms with Crippen LogP contribution < -0.4 is 4.74 Å². The summed E-state index contributed by atoms with van der Waals surface area (Å²) in [6.45, 7) is 9.16. The number of carbonyl (C=O) groups excluding carboxylic acids is 2. The Morgan fingerprint density at radius 3 is 2.63 bits per heavy atom. The highest BCUT2D eigenvalue weighted by atomic mass is 16.5. The summed E-state index contributed by atoms with van der Waals surface area (Å²) in [4.78, 5) is 31.2. The number of amides is 2. The van der Waals surface area contributed by atoms with Gasteiger partial charge in [-0.05, 0) is 32.4 Å². The first-order valence-corrected chi connectivity index (χ1v) is 9.84. The van der Waals surface area contributed by atoms with Gasteiger partial charge in [-0.15, -0.1) is 0 Å². The molecule has 2 aliphatic rings. The Morgan fingerprint density at radius 1 is 1.07 bits per heavy atom. The molecule has 0 spiro atoms. The third-order valence-corrected chi connectivity index (χ3v) is 5.26. The van der Waals surface area contributed by atoms with Crippen molar-refractivity contribution in [3.63, 3.8) is 0 Å². The molecule has 1 fully saturated rings. The maximum absolute atomic E-state index is 12.9. The maximum atomic E-state index is 12.9. The molecule has 1 aromatic rings. The van der Waals surface area contributed by atoms with Crippen molar-refractivity contribution in [2.24, 2.45) is 0 Å². The fourth-order valence-electron chi connectivity index (χ4n) is 3.64. The summed E-state index contributed by atoms with van der Waals surface area (Å²) < 4.78 is 5.73. The number of hydrogen-bond donors (Lipinski definition) is 0. The first kappa shape index (κ1) is 19.4. The second-order valence-corrected chi connectivity index (χ2v) is 6.98. The number of rotatable bonds is 5. The van der Waals surface area contributed by atoms with E-state index in [-0.39, 0.29) is 11.8 Å². The maximum Gasteiger partial charge on any atom is 0.253 e. The molecular formula is C21H29N3O3. The van der Waals surface area contributed by atoms with Crippen molar-refractivity contribution in [1.82, 2.24) is 14.7 Å². The first-order valence-electron chi connectivity index (χ1n) is 9.84. The van der Waals surface area contributed by atoms with Crippen molar-refractivity contribution in [3.8, 4) is 5.75 Å². The fourth-order valence-corrected chi connectivity index (χ4v) is 3.64. The van der Waals surface area contributed by atoms with Gasteiger partial charge in [0, 0.05) is 44.8 Å². The SMILES string of the molecule is CCN(CC)C(=O)CN1CCCN(C(=O)C2=Cc3ccccc3OC2)CC1. The smallest absolute Gasteiger partial charge is 0.253 e. The lowest BCUT2D eigenvalue weighted by molar-refractivity contribution is -0.132. The molecule has 6 nitrogen and oxygen atoms in total. The van der Waals surface area contributed by atoms with Crippen LogP contribution in [0.5, 0.6) is 5.75 Å². The van der Waals surface area contributed by atoms with E-state index in [1.807, 2.05) is 54.0 Å². The van der Waals surface area contributed by atoms with Gasteiger partial charge in [0.25, 0.3) is 5.91 Å². The van der Waals surface area contributed by atoms with Gasteiger partial charge >= 0.3 is 0 Å². The van der Waals surface area contributed by atoms with Gasteiger partial charge in [0.05, 0.1) is 12.1 Å². The number of ether oxygens (including phenoxy) is 1. The van der Waals surface area contributed by atoms with Crippen LogP contribution in [0.15, 0.2) is 29.8 Å². The van der Waals surface area contributed by atoms with Crippen LogP contribution in [-0.2, 0) is 9.59 Å². The molecule has 2 aliphatic heterocycles. The summed E-state index contributed by atoms with van der Waals surface area (Å²) in [6.07, 6.45) is 2.82. The zero-order chi connectivity index (χ0) is 19.2. The minimum absolute atomic E-state index is 0.0430. The van der Waals surface area contributed by atoms with E-state index in [0.29, 0.717) is 31.8 Å². The molecule has 6 heteroatoms. The number of nitrogens with zero attached hydrogens (tertiary/aromatic N) is 3. The molecule has 0 aliphatic carbocycles. The van der Waals surface area contributed by atoms with Crippen LogP contribution in [0.2, 0.25) is 0 Å². The molecule has 1 saturated heterocycles. The van der Waals surface area contributed by atoms with Crippen molar-refractivity contribution in [3.05, 3.63) is 35.4 Å². The number of likely N-dealkylation sites (N-methyl/N-ethyl adjacent to an activating group) is 1. The molecule has 0 unspecified atom stereocenters. The number of para-hydroxylation sites is 1. The van der Waals surface area contributed by atoms with E-state index < -0.39 is 0 Å². The van der Waals surface area contributed by atoms with Gasteiger partial charge < -0.3 is 14.5 Å². The molecule has 3 rings (SSSR count). The van der Waals surface area contributed by atoms with Gasteiger partial charge in [-0.25, -0.2) is 0 Å². The Balaban J connectivity index is 1.59.